The van der Waals surface area contributed by atoms with Crippen LogP contribution in [0.1, 0.15) is 18.5 Å². The zero-order valence-corrected chi connectivity index (χ0v) is 11.9. The molecule has 0 aliphatic rings. The van der Waals surface area contributed by atoms with Gasteiger partial charge in [-0.25, -0.2) is 21.9 Å². The van der Waals surface area contributed by atoms with Crippen LogP contribution in [0.4, 0.5) is 14.5 Å². The Kier molecular flexibility index (Phi) is 4.19. The molecule has 0 aliphatic carbocycles. The third-order valence-corrected chi connectivity index (χ3v) is 4.48. The second-order valence-electron chi connectivity index (χ2n) is 4.40. The third-order valence-electron chi connectivity index (χ3n) is 2.92. The van der Waals surface area contributed by atoms with E-state index in [0.717, 1.165) is 12.1 Å². The second kappa shape index (κ2) is 5.74. The molecule has 2 aromatic rings. The molecule has 1 unspecified atom stereocenters. The molecule has 5 nitrogen and oxygen atoms in total. The van der Waals surface area contributed by atoms with Gasteiger partial charge in [-0.05, 0) is 36.8 Å². The number of nitrogen functional groups attached to an aromatic ring is 1. The highest BCUT2D eigenvalue weighted by Gasteiger charge is 2.24. The molecule has 21 heavy (non-hydrogen) atoms. The molecular formula is C13H13F2N3O2S. The number of nitrogens with one attached hydrogen (secondary N) is 1. The number of nitrogens with zero attached hydrogens (tertiary/aromatic N) is 1. The average Bonchev–Trinajstić information content (AvgIpc) is 2.45. The van der Waals surface area contributed by atoms with Gasteiger partial charge in [0, 0.05) is 18.4 Å². The zero-order chi connectivity index (χ0) is 15.6. The van der Waals surface area contributed by atoms with E-state index in [9.17, 15) is 17.2 Å². The quantitative estimate of drug-likeness (QED) is 0.845. The number of halogens is 2. The number of benzene rings is 1. The summed E-state index contributed by atoms with van der Waals surface area (Å²) in [4.78, 5) is 3.13. The van der Waals surface area contributed by atoms with Crippen molar-refractivity contribution in [3.8, 4) is 0 Å². The van der Waals surface area contributed by atoms with E-state index in [0.29, 0.717) is 5.56 Å². The van der Waals surface area contributed by atoms with Gasteiger partial charge >= 0.3 is 0 Å². The lowest BCUT2D eigenvalue weighted by Gasteiger charge is -2.15. The Morgan fingerprint density at radius 3 is 2.43 bits per heavy atom. The largest absolute Gasteiger partial charge is 0.394 e. The number of aromatic nitrogens is 1. The number of pyridine rings is 1. The van der Waals surface area contributed by atoms with Crippen LogP contribution in [0.5, 0.6) is 0 Å². The monoisotopic (exact) mass is 313 g/mol. The molecule has 0 bridgehead atoms. The van der Waals surface area contributed by atoms with E-state index in [1.54, 1.807) is 19.1 Å². The van der Waals surface area contributed by atoms with Crippen molar-refractivity contribution in [3.05, 3.63) is 53.9 Å². The van der Waals surface area contributed by atoms with Crippen LogP contribution >= 0.6 is 0 Å². The van der Waals surface area contributed by atoms with Crippen molar-refractivity contribution >= 4 is 15.7 Å². The molecule has 2 rings (SSSR count). The summed E-state index contributed by atoms with van der Waals surface area (Å²) < 4.78 is 53.5. The first-order valence-corrected chi connectivity index (χ1v) is 7.47. The summed E-state index contributed by atoms with van der Waals surface area (Å²) >= 11 is 0. The Morgan fingerprint density at radius 1 is 1.19 bits per heavy atom. The lowest BCUT2D eigenvalue weighted by atomic mass is 10.1. The summed E-state index contributed by atoms with van der Waals surface area (Å²) in [7, 11) is -4.17. The van der Waals surface area contributed by atoms with Crippen LogP contribution in [0, 0.1) is 11.6 Å². The number of rotatable bonds is 4. The Labute approximate surface area is 120 Å². The maximum Gasteiger partial charge on any atom is 0.244 e. The minimum Gasteiger partial charge on any atom is -0.394 e. The highest BCUT2D eigenvalue weighted by atomic mass is 32.2. The maximum absolute atomic E-state index is 13.8. The van der Waals surface area contributed by atoms with Crippen molar-refractivity contribution in [2.75, 3.05) is 5.73 Å². The van der Waals surface area contributed by atoms with Crippen LogP contribution < -0.4 is 10.5 Å². The molecule has 0 saturated carbocycles. The lowest BCUT2D eigenvalue weighted by Crippen LogP contribution is -2.28. The molecule has 3 N–H and O–H groups in total. The first kappa shape index (κ1) is 15.3. The van der Waals surface area contributed by atoms with Gasteiger partial charge in [0.2, 0.25) is 10.0 Å². The summed E-state index contributed by atoms with van der Waals surface area (Å²) in [5.74, 6) is -2.31. The maximum atomic E-state index is 13.8. The molecule has 0 fully saturated rings. The Morgan fingerprint density at radius 2 is 1.81 bits per heavy atom. The fourth-order valence-corrected chi connectivity index (χ4v) is 3.09. The molecule has 0 aliphatic heterocycles. The van der Waals surface area contributed by atoms with Crippen molar-refractivity contribution in [2.24, 2.45) is 0 Å². The molecule has 1 aromatic heterocycles. The van der Waals surface area contributed by atoms with Gasteiger partial charge in [0.05, 0.1) is 0 Å². The molecule has 1 heterocycles. The van der Waals surface area contributed by atoms with Gasteiger partial charge in [0.1, 0.15) is 16.4 Å². The fourth-order valence-electron chi connectivity index (χ4n) is 1.77. The Balaban J connectivity index is 2.33. The first-order chi connectivity index (χ1) is 9.83. The SMILES string of the molecule is CC(NS(=O)(=O)c1ccc(F)c(N)c1F)c1ccncc1. The predicted molar refractivity (Wildman–Crippen MR) is 73.7 cm³/mol. The van der Waals surface area contributed by atoms with Crippen molar-refractivity contribution < 1.29 is 17.2 Å². The molecule has 0 amide bonds. The molecule has 0 radical (unpaired) electrons. The molecule has 8 heteroatoms. The number of nitrogens with two attached hydrogens (primary N) is 1. The normalized spacial score (nSPS) is 13.1. The van der Waals surface area contributed by atoms with Crippen LogP contribution in [-0.2, 0) is 10.0 Å². The molecular weight excluding hydrogens is 300 g/mol. The summed E-state index contributed by atoms with van der Waals surface area (Å²) in [6.45, 7) is 1.59. The van der Waals surface area contributed by atoms with Gasteiger partial charge < -0.3 is 5.73 Å². The van der Waals surface area contributed by atoms with Crippen LogP contribution in [0.2, 0.25) is 0 Å². The van der Waals surface area contributed by atoms with Crippen molar-refractivity contribution in [1.82, 2.24) is 9.71 Å². The van der Waals surface area contributed by atoms with Crippen molar-refractivity contribution in [3.63, 3.8) is 0 Å². The van der Waals surface area contributed by atoms with Crippen LogP contribution in [-0.4, -0.2) is 13.4 Å². The minimum atomic E-state index is -4.17. The Bertz CT molecular complexity index is 752. The first-order valence-electron chi connectivity index (χ1n) is 5.98. The smallest absolute Gasteiger partial charge is 0.244 e. The third kappa shape index (κ3) is 3.17. The van der Waals surface area contributed by atoms with Crippen molar-refractivity contribution in [1.29, 1.82) is 0 Å². The molecule has 1 atom stereocenters. The minimum absolute atomic E-state index is 0.608. The molecule has 112 valence electrons. The molecule has 0 saturated heterocycles. The van der Waals surface area contributed by atoms with Gasteiger partial charge in [-0.2, -0.15) is 0 Å². The van der Waals surface area contributed by atoms with Gasteiger partial charge in [-0.15, -0.1) is 0 Å². The van der Waals surface area contributed by atoms with E-state index < -0.39 is 38.3 Å². The van der Waals surface area contributed by atoms with E-state index in [1.165, 1.54) is 12.4 Å². The van der Waals surface area contributed by atoms with Crippen LogP contribution in [0.3, 0.4) is 0 Å². The standard InChI is InChI=1S/C13H13F2N3O2S/c1-8(9-4-6-17-7-5-9)18-21(19,20)11-3-2-10(14)13(16)12(11)15/h2-8,18H,16H2,1H3. The van der Waals surface area contributed by atoms with Gasteiger partial charge in [0.15, 0.2) is 5.82 Å². The van der Waals surface area contributed by atoms with E-state index in [4.69, 9.17) is 5.73 Å². The van der Waals surface area contributed by atoms with Crippen molar-refractivity contribution in [2.45, 2.75) is 17.9 Å². The summed E-state index contributed by atoms with van der Waals surface area (Å²) in [5, 5.41) is 0. The number of hydrogen-bond donors (Lipinski definition) is 2. The van der Waals surface area contributed by atoms with Crippen LogP contribution in [0.25, 0.3) is 0 Å². The van der Waals surface area contributed by atoms with Gasteiger partial charge in [-0.1, -0.05) is 0 Å². The fraction of sp³-hybridized carbons (Fsp3) is 0.154. The van der Waals surface area contributed by atoms with Gasteiger partial charge in [0.25, 0.3) is 0 Å². The number of anilines is 1. The average molecular weight is 313 g/mol. The van der Waals surface area contributed by atoms with E-state index in [-0.39, 0.29) is 0 Å². The highest BCUT2D eigenvalue weighted by Crippen LogP contribution is 2.24. The summed E-state index contributed by atoms with van der Waals surface area (Å²) in [5.41, 5.74) is 5.00. The van der Waals surface area contributed by atoms with Crippen LogP contribution in [0.15, 0.2) is 41.6 Å². The number of sulfonamides is 1. The second-order valence-corrected chi connectivity index (χ2v) is 6.08. The summed E-state index contributed by atoms with van der Waals surface area (Å²) in [6.07, 6.45) is 3.02. The topological polar surface area (TPSA) is 85.1 Å². The zero-order valence-electron chi connectivity index (χ0n) is 11.0. The van der Waals surface area contributed by atoms with E-state index in [2.05, 4.69) is 9.71 Å². The van der Waals surface area contributed by atoms with Gasteiger partial charge in [-0.3, -0.25) is 4.98 Å². The Hall–Kier alpha value is -2.06. The van der Waals surface area contributed by atoms with E-state index >= 15 is 0 Å². The molecule has 0 spiro atoms. The molecule has 1 aromatic carbocycles. The highest BCUT2D eigenvalue weighted by molar-refractivity contribution is 7.89. The predicted octanol–water partition coefficient (Wildman–Crippen LogP) is 1.98. The van der Waals surface area contributed by atoms with E-state index in [1.807, 2.05) is 0 Å². The summed E-state index contributed by atoms with van der Waals surface area (Å²) in [6, 6.07) is 4.29. The lowest BCUT2D eigenvalue weighted by molar-refractivity contribution is 0.540. The number of hydrogen-bond acceptors (Lipinski definition) is 4.